The number of amides is 2. The maximum Gasteiger partial charge on any atom is 0.319 e. The van der Waals surface area contributed by atoms with E-state index in [0.717, 1.165) is 38.5 Å². The van der Waals surface area contributed by atoms with Gasteiger partial charge < -0.3 is 15.4 Å². The number of rotatable bonds is 5. The van der Waals surface area contributed by atoms with Crippen LogP contribution in [0.25, 0.3) is 5.69 Å². The van der Waals surface area contributed by atoms with Crippen molar-refractivity contribution in [3.8, 4) is 5.69 Å². The van der Waals surface area contributed by atoms with Gasteiger partial charge in [0.15, 0.2) is 5.82 Å². The molecule has 1 saturated heterocycles. The number of tetrazole rings is 1. The second-order valence-corrected chi connectivity index (χ2v) is 5.52. The fourth-order valence-electron chi connectivity index (χ4n) is 2.51. The first-order valence-electron chi connectivity index (χ1n) is 7.93. The SMILES string of the molecule is Cc1nnnn1-c1cccc(NC(=O)NCCN2CCOCC2)c1. The van der Waals surface area contributed by atoms with Gasteiger partial charge in [0.25, 0.3) is 0 Å². The normalized spacial score (nSPS) is 15.2. The number of aromatic nitrogens is 4. The van der Waals surface area contributed by atoms with E-state index in [1.54, 1.807) is 4.68 Å². The van der Waals surface area contributed by atoms with Gasteiger partial charge in [-0.2, -0.15) is 4.68 Å². The lowest BCUT2D eigenvalue weighted by Crippen LogP contribution is -2.42. The number of aryl methyl sites for hydroxylation is 1. The zero-order chi connectivity index (χ0) is 16.8. The van der Waals surface area contributed by atoms with Crippen molar-refractivity contribution in [2.45, 2.75) is 6.92 Å². The summed E-state index contributed by atoms with van der Waals surface area (Å²) in [4.78, 5) is 14.3. The molecule has 3 rings (SSSR count). The monoisotopic (exact) mass is 331 g/mol. The number of hydrogen-bond acceptors (Lipinski definition) is 6. The van der Waals surface area contributed by atoms with Gasteiger partial charge >= 0.3 is 6.03 Å². The molecule has 9 heteroatoms. The summed E-state index contributed by atoms with van der Waals surface area (Å²) in [7, 11) is 0. The van der Waals surface area contributed by atoms with E-state index in [0.29, 0.717) is 18.1 Å². The fraction of sp³-hybridized carbons (Fsp3) is 0.467. The summed E-state index contributed by atoms with van der Waals surface area (Å²) in [5.41, 5.74) is 1.48. The molecule has 2 N–H and O–H groups in total. The number of nitrogens with zero attached hydrogens (tertiary/aromatic N) is 5. The molecule has 0 bridgehead atoms. The van der Waals surface area contributed by atoms with Crippen molar-refractivity contribution in [3.63, 3.8) is 0 Å². The van der Waals surface area contributed by atoms with Gasteiger partial charge in [0, 0.05) is 31.9 Å². The van der Waals surface area contributed by atoms with E-state index in [9.17, 15) is 4.79 Å². The standard InChI is InChI=1S/C15H21N7O2/c1-12-18-19-20-22(12)14-4-2-3-13(11-14)17-15(23)16-5-6-21-7-9-24-10-8-21/h2-4,11H,5-10H2,1H3,(H2,16,17,23). The number of urea groups is 1. The molecule has 0 aliphatic carbocycles. The second-order valence-electron chi connectivity index (χ2n) is 5.52. The number of carbonyl (C=O) groups excluding carboxylic acids is 1. The van der Waals surface area contributed by atoms with Gasteiger partial charge in [-0.3, -0.25) is 4.90 Å². The highest BCUT2D eigenvalue weighted by molar-refractivity contribution is 5.89. The van der Waals surface area contributed by atoms with Crippen molar-refractivity contribution < 1.29 is 9.53 Å². The summed E-state index contributed by atoms with van der Waals surface area (Å²) >= 11 is 0. The number of morpholine rings is 1. The quantitative estimate of drug-likeness (QED) is 0.824. The zero-order valence-corrected chi connectivity index (χ0v) is 13.6. The Labute approximate surface area is 140 Å². The molecule has 2 heterocycles. The van der Waals surface area contributed by atoms with Crippen LogP contribution < -0.4 is 10.6 Å². The molecule has 128 valence electrons. The third-order valence-corrected chi connectivity index (χ3v) is 3.79. The van der Waals surface area contributed by atoms with E-state index in [-0.39, 0.29) is 6.03 Å². The molecule has 0 unspecified atom stereocenters. The molecule has 1 aromatic carbocycles. The van der Waals surface area contributed by atoms with Crippen LogP contribution in [0.1, 0.15) is 5.82 Å². The van der Waals surface area contributed by atoms with Crippen LogP contribution in [0.5, 0.6) is 0 Å². The number of hydrogen-bond donors (Lipinski definition) is 2. The van der Waals surface area contributed by atoms with Crippen molar-refractivity contribution in [1.29, 1.82) is 0 Å². The van der Waals surface area contributed by atoms with E-state index >= 15 is 0 Å². The molecule has 2 aromatic rings. The lowest BCUT2D eigenvalue weighted by molar-refractivity contribution is 0.0388. The lowest BCUT2D eigenvalue weighted by atomic mass is 10.3. The van der Waals surface area contributed by atoms with Crippen LogP contribution in [0.15, 0.2) is 24.3 Å². The maximum atomic E-state index is 12.0. The number of nitrogens with one attached hydrogen (secondary N) is 2. The Balaban J connectivity index is 1.50. The van der Waals surface area contributed by atoms with Crippen LogP contribution in [0.3, 0.4) is 0 Å². The van der Waals surface area contributed by atoms with Crippen molar-refractivity contribution in [1.82, 2.24) is 30.4 Å². The Bertz CT molecular complexity index is 682. The molecule has 9 nitrogen and oxygen atoms in total. The van der Waals surface area contributed by atoms with E-state index < -0.39 is 0 Å². The highest BCUT2D eigenvalue weighted by atomic mass is 16.5. The zero-order valence-electron chi connectivity index (χ0n) is 13.6. The predicted octanol–water partition coefficient (Wildman–Crippen LogP) is 0.424. The van der Waals surface area contributed by atoms with Gasteiger partial charge in [-0.05, 0) is 35.5 Å². The molecule has 1 aliphatic heterocycles. The first kappa shape index (κ1) is 16.3. The molecule has 1 aromatic heterocycles. The Morgan fingerprint density at radius 3 is 2.92 bits per heavy atom. The molecular weight excluding hydrogens is 310 g/mol. The predicted molar refractivity (Wildman–Crippen MR) is 88.2 cm³/mol. The maximum absolute atomic E-state index is 12.0. The largest absolute Gasteiger partial charge is 0.379 e. The summed E-state index contributed by atoms with van der Waals surface area (Å²) in [6.45, 7) is 6.58. The molecule has 0 saturated carbocycles. The Morgan fingerprint density at radius 2 is 2.17 bits per heavy atom. The number of ether oxygens (including phenoxy) is 1. The van der Waals surface area contributed by atoms with Gasteiger partial charge in [0.1, 0.15) is 0 Å². The summed E-state index contributed by atoms with van der Waals surface area (Å²) < 4.78 is 6.91. The van der Waals surface area contributed by atoms with Gasteiger partial charge in [-0.15, -0.1) is 5.10 Å². The van der Waals surface area contributed by atoms with Gasteiger partial charge in [-0.25, -0.2) is 4.79 Å². The van der Waals surface area contributed by atoms with Crippen molar-refractivity contribution in [3.05, 3.63) is 30.1 Å². The highest BCUT2D eigenvalue weighted by Gasteiger charge is 2.10. The van der Waals surface area contributed by atoms with Crippen LogP contribution in [0, 0.1) is 6.92 Å². The fourth-order valence-corrected chi connectivity index (χ4v) is 2.51. The van der Waals surface area contributed by atoms with E-state index in [4.69, 9.17) is 4.74 Å². The molecule has 24 heavy (non-hydrogen) atoms. The van der Waals surface area contributed by atoms with Crippen LogP contribution in [-0.2, 0) is 4.74 Å². The molecule has 1 fully saturated rings. The third-order valence-electron chi connectivity index (χ3n) is 3.79. The molecular formula is C15H21N7O2. The van der Waals surface area contributed by atoms with Gasteiger partial charge in [0.05, 0.1) is 18.9 Å². The smallest absolute Gasteiger partial charge is 0.319 e. The number of anilines is 1. The second kappa shape index (κ2) is 7.84. The van der Waals surface area contributed by atoms with E-state index in [1.807, 2.05) is 31.2 Å². The van der Waals surface area contributed by atoms with Crippen LogP contribution in [0.4, 0.5) is 10.5 Å². The minimum Gasteiger partial charge on any atom is -0.379 e. The third kappa shape index (κ3) is 4.27. The molecule has 0 spiro atoms. The summed E-state index contributed by atoms with van der Waals surface area (Å²) in [6.07, 6.45) is 0. The molecule has 2 amide bonds. The molecule has 0 atom stereocenters. The van der Waals surface area contributed by atoms with Crippen LogP contribution >= 0.6 is 0 Å². The first-order chi connectivity index (χ1) is 11.7. The average molecular weight is 331 g/mol. The Hall–Kier alpha value is -2.52. The van der Waals surface area contributed by atoms with Crippen molar-refractivity contribution in [2.24, 2.45) is 0 Å². The molecule has 0 radical (unpaired) electrons. The van der Waals surface area contributed by atoms with E-state index in [2.05, 4.69) is 31.1 Å². The Kier molecular flexibility index (Phi) is 5.34. The van der Waals surface area contributed by atoms with Crippen molar-refractivity contribution in [2.75, 3.05) is 44.7 Å². The number of benzene rings is 1. The first-order valence-corrected chi connectivity index (χ1v) is 7.93. The summed E-state index contributed by atoms with van der Waals surface area (Å²) in [6, 6.07) is 7.15. The number of carbonyl (C=O) groups is 1. The van der Waals surface area contributed by atoms with Crippen molar-refractivity contribution >= 4 is 11.7 Å². The van der Waals surface area contributed by atoms with Crippen LogP contribution in [-0.4, -0.2) is 70.5 Å². The minimum absolute atomic E-state index is 0.228. The van der Waals surface area contributed by atoms with Gasteiger partial charge in [0.2, 0.25) is 0 Å². The highest BCUT2D eigenvalue weighted by Crippen LogP contribution is 2.14. The summed E-state index contributed by atoms with van der Waals surface area (Å²) in [5, 5.41) is 17.1. The lowest BCUT2D eigenvalue weighted by Gasteiger charge is -2.26. The van der Waals surface area contributed by atoms with Crippen LogP contribution in [0.2, 0.25) is 0 Å². The molecule has 1 aliphatic rings. The van der Waals surface area contributed by atoms with Gasteiger partial charge in [-0.1, -0.05) is 6.07 Å². The Morgan fingerprint density at radius 1 is 1.33 bits per heavy atom. The van der Waals surface area contributed by atoms with E-state index in [1.165, 1.54) is 0 Å². The topological polar surface area (TPSA) is 97.2 Å². The minimum atomic E-state index is -0.228. The average Bonchev–Trinajstić information content (AvgIpc) is 3.02. The summed E-state index contributed by atoms with van der Waals surface area (Å²) in [5.74, 6) is 0.683.